The summed E-state index contributed by atoms with van der Waals surface area (Å²) in [6, 6.07) is 13.8. The number of amides is 2. The predicted molar refractivity (Wildman–Crippen MR) is 139 cm³/mol. The number of benzene rings is 2. The Hall–Kier alpha value is -4.70. The first-order chi connectivity index (χ1) is 18.5. The van der Waals surface area contributed by atoms with Gasteiger partial charge in [0.25, 0.3) is 11.8 Å². The summed E-state index contributed by atoms with van der Waals surface area (Å²) in [5.74, 6) is -0.309. The van der Waals surface area contributed by atoms with Crippen molar-refractivity contribution in [2.75, 3.05) is 43.2 Å². The molecule has 194 valence electrons. The molecule has 38 heavy (non-hydrogen) atoms. The summed E-state index contributed by atoms with van der Waals surface area (Å²) in [7, 11) is 1.47. The second-order valence-corrected chi connectivity index (χ2v) is 8.43. The van der Waals surface area contributed by atoms with E-state index >= 15 is 0 Å². The molecule has 5 rings (SSSR count). The Labute approximate surface area is 218 Å². The fourth-order valence-electron chi connectivity index (χ4n) is 4.38. The van der Waals surface area contributed by atoms with Crippen molar-refractivity contribution in [1.82, 2.24) is 4.98 Å². The van der Waals surface area contributed by atoms with Gasteiger partial charge >= 0.3 is 5.97 Å². The summed E-state index contributed by atoms with van der Waals surface area (Å²) < 4.78 is 21.7. The second kappa shape index (κ2) is 10.7. The highest BCUT2D eigenvalue weighted by molar-refractivity contribution is 6.12. The van der Waals surface area contributed by atoms with Crippen LogP contribution in [0.25, 0.3) is 11.0 Å². The van der Waals surface area contributed by atoms with E-state index in [1.165, 1.54) is 25.8 Å². The Kier molecular flexibility index (Phi) is 7.05. The van der Waals surface area contributed by atoms with Crippen LogP contribution in [0.1, 0.15) is 27.6 Å². The van der Waals surface area contributed by atoms with Crippen molar-refractivity contribution < 1.29 is 33.0 Å². The number of aromatic nitrogens is 1. The molecular formula is C28H25N3O7. The van der Waals surface area contributed by atoms with Gasteiger partial charge in [-0.3, -0.25) is 14.6 Å². The molecular weight excluding hydrogens is 490 g/mol. The van der Waals surface area contributed by atoms with Gasteiger partial charge in [-0.25, -0.2) is 4.79 Å². The van der Waals surface area contributed by atoms with Gasteiger partial charge in [0.15, 0.2) is 0 Å². The maximum absolute atomic E-state index is 13.8. The molecule has 2 aromatic carbocycles. The lowest BCUT2D eigenvalue weighted by molar-refractivity contribution is -0.122. The molecule has 2 aromatic heterocycles. The highest BCUT2D eigenvalue weighted by Crippen LogP contribution is 2.36. The van der Waals surface area contributed by atoms with Gasteiger partial charge in [-0.05, 0) is 43.3 Å². The first kappa shape index (κ1) is 25.0. The van der Waals surface area contributed by atoms with Gasteiger partial charge in [0.05, 0.1) is 18.0 Å². The number of hydrogen-bond donors (Lipinski definition) is 0. The number of methoxy groups -OCH3 is 1. The highest BCUT2D eigenvalue weighted by atomic mass is 16.5. The van der Waals surface area contributed by atoms with E-state index in [0.717, 1.165) is 0 Å². The molecule has 0 aliphatic carbocycles. The summed E-state index contributed by atoms with van der Waals surface area (Å²) in [5.41, 5.74) is 2.26. The third kappa shape index (κ3) is 4.69. The lowest BCUT2D eigenvalue weighted by Gasteiger charge is -2.36. The second-order valence-electron chi connectivity index (χ2n) is 8.43. The molecule has 0 saturated heterocycles. The van der Waals surface area contributed by atoms with E-state index in [-0.39, 0.29) is 42.7 Å². The summed E-state index contributed by atoms with van der Waals surface area (Å²) >= 11 is 0. The molecule has 0 unspecified atom stereocenters. The van der Waals surface area contributed by atoms with Crippen molar-refractivity contribution in [3.8, 4) is 11.5 Å². The molecule has 0 radical (unpaired) electrons. The van der Waals surface area contributed by atoms with E-state index in [1.807, 2.05) is 12.1 Å². The maximum Gasteiger partial charge on any atom is 0.342 e. The molecule has 0 saturated carbocycles. The van der Waals surface area contributed by atoms with E-state index < -0.39 is 5.97 Å². The van der Waals surface area contributed by atoms with Crippen LogP contribution in [0.5, 0.6) is 11.5 Å². The Bertz CT molecular complexity index is 1510. The molecule has 3 heterocycles. The van der Waals surface area contributed by atoms with Crippen LogP contribution in [-0.2, 0) is 14.3 Å². The minimum atomic E-state index is -0.495. The van der Waals surface area contributed by atoms with Gasteiger partial charge in [0.1, 0.15) is 41.1 Å². The van der Waals surface area contributed by atoms with E-state index in [1.54, 1.807) is 53.1 Å². The molecule has 0 fully saturated rings. The average Bonchev–Trinajstić information content (AvgIpc) is 3.36. The van der Waals surface area contributed by atoms with Crippen molar-refractivity contribution in [3.63, 3.8) is 0 Å². The third-order valence-corrected chi connectivity index (χ3v) is 6.10. The Morgan fingerprint density at radius 2 is 1.76 bits per heavy atom. The lowest BCUT2D eigenvalue weighted by Crippen LogP contribution is -2.47. The number of fused-ring (bicyclic) bond motifs is 2. The highest BCUT2D eigenvalue weighted by Gasteiger charge is 2.31. The number of nitrogens with zero attached hydrogens (tertiary/aromatic N) is 3. The Morgan fingerprint density at radius 1 is 1.00 bits per heavy atom. The van der Waals surface area contributed by atoms with Crippen molar-refractivity contribution in [2.24, 2.45) is 0 Å². The number of carbonyl (C=O) groups excluding carboxylic acids is 3. The van der Waals surface area contributed by atoms with Crippen LogP contribution < -0.4 is 14.5 Å². The number of para-hydroxylation sites is 2. The number of rotatable bonds is 7. The van der Waals surface area contributed by atoms with E-state index in [0.29, 0.717) is 40.4 Å². The quantitative estimate of drug-likeness (QED) is 0.332. The van der Waals surface area contributed by atoms with Crippen molar-refractivity contribution in [1.29, 1.82) is 0 Å². The summed E-state index contributed by atoms with van der Waals surface area (Å²) in [4.78, 5) is 46.0. The largest absolute Gasteiger partial charge is 0.463 e. The van der Waals surface area contributed by atoms with Gasteiger partial charge in [0.2, 0.25) is 0 Å². The summed E-state index contributed by atoms with van der Waals surface area (Å²) in [5, 5.41) is 0.536. The van der Waals surface area contributed by atoms with Crippen molar-refractivity contribution >= 4 is 40.1 Å². The molecule has 4 aromatic rings. The van der Waals surface area contributed by atoms with E-state index in [9.17, 15) is 14.4 Å². The number of pyridine rings is 1. The number of hydrogen-bond acceptors (Lipinski definition) is 8. The normalized spacial score (nSPS) is 12.8. The Balaban J connectivity index is 1.45. The minimum Gasteiger partial charge on any atom is -0.463 e. The van der Waals surface area contributed by atoms with Crippen molar-refractivity contribution in [2.45, 2.75) is 6.92 Å². The van der Waals surface area contributed by atoms with Crippen LogP contribution in [0.4, 0.5) is 11.4 Å². The zero-order valence-electron chi connectivity index (χ0n) is 20.9. The monoisotopic (exact) mass is 515 g/mol. The van der Waals surface area contributed by atoms with Gasteiger partial charge in [-0.1, -0.05) is 12.1 Å². The third-order valence-electron chi connectivity index (χ3n) is 6.10. The molecule has 0 N–H and O–H groups in total. The fraction of sp³-hybridized carbons (Fsp3) is 0.214. The van der Waals surface area contributed by atoms with E-state index in [4.69, 9.17) is 18.6 Å². The molecule has 1 aliphatic heterocycles. The van der Waals surface area contributed by atoms with Crippen LogP contribution in [0.3, 0.4) is 0 Å². The fourth-order valence-corrected chi connectivity index (χ4v) is 4.38. The predicted octanol–water partition coefficient (Wildman–Crippen LogP) is 4.44. The summed E-state index contributed by atoms with van der Waals surface area (Å²) in [6.45, 7) is 2.51. The van der Waals surface area contributed by atoms with Crippen LogP contribution in [0.2, 0.25) is 0 Å². The van der Waals surface area contributed by atoms with Crippen LogP contribution in [0.15, 0.2) is 71.6 Å². The minimum absolute atomic E-state index is 0.0538. The zero-order valence-corrected chi connectivity index (χ0v) is 20.9. The standard InChI is InChI=1S/C28H25N3O7/c1-3-36-28(34)21-16-37-24-9-8-18(14-19(21)24)38-25-10-11-29-15-20(25)27(33)31-13-12-30(26(32)17-35-2)22-6-4-5-7-23(22)31/h4-11,14-16H,3,12-13,17H2,1-2H3. The first-order valence-corrected chi connectivity index (χ1v) is 12.0. The number of carbonyl (C=O) groups is 3. The van der Waals surface area contributed by atoms with Crippen LogP contribution in [0, 0.1) is 0 Å². The molecule has 2 amide bonds. The topological polar surface area (TPSA) is 111 Å². The number of anilines is 2. The first-order valence-electron chi connectivity index (χ1n) is 12.0. The lowest BCUT2D eigenvalue weighted by atomic mass is 10.1. The Morgan fingerprint density at radius 3 is 2.53 bits per heavy atom. The van der Waals surface area contributed by atoms with Gasteiger partial charge in [0, 0.05) is 38.0 Å². The molecule has 0 atom stereocenters. The molecule has 10 nitrogen and oxygen atoms in total. The number of furan rings is 1. The molecule has 10 heteroatoms. The van der Waals surface area contributed by atoms with Crippen LogP contribution >= 0.6 is 0 Å². The average molecular weight is 516 g/mol. The molecule has 0 bridgehead atoms. The van der Waals surface area contributed by atoms with E-state index in [2.05, 4.69) is 4.98 Å². The molecule has 0 spiro atoms. The number of esters is 1. The number of ether oxygens (including phenoxy) is 3. The van der Waals surface area contributed by atoms with Crippen molar-refractivity contribution in [3.05, 3.63) is 78.3 Å². The summed E-state index contributed by atoms with van der Waals surface area (Å²) in [6.07, 6.45) is 4.33. The van der Waals surface area contributed by atoms with Crippen LogP contribution in [-0.4, -0.2) is 56.2 Å². The van der Waals surface area contributed by atoms with Gasteiger partial charge < -0.3 is 28.4 Å². The maximum atomic E-state index is 13.8. The van der Waals surface area contributed by atoms with Gasteiger partial charge in [-0.15, -0.1) is 0 Å². The smallest absolute Gasteiger partial charge is 0.342 e. The van der Waals surface area contributed by atoms with Gasteiger partial charge in [-0.2, -0.15) is 0 Å². The molecule has 1 aliphatic rings. The zero-order chi connectivity index (χ0) is 26.6. The SMILES string of the molecule is CCOC(=O)c1coc2ccc(Oc3ccncc3C(=O)N3CCN(C(=O)COC)c4ccccc43)cc12.